The lowest BCUT2D eigenvalue weighted by atomic mass is 9.76. The third-order valence-electron chi connectivity index (χ3n) is 6.71. The van der Waals surface area contributed by atoms with Crippen molar-refractivity contribution in [1.82, 2.24) is 10.2 Å². The largest absolute Gasteiger partial charge is 0.481 e. The topological polar surface area (TPSA) is 116 Å². The zero-order chi connectivity index (χ0) is 23.5. The maximum Gasteiger partial charge on any atom is 0.303 e. The molecular weight excluding hydrogens is 453 g/mol. The highest BCUT2D eigenvalue weighted by molar-refractivity contribution is 6.35. The lowest BCUT2D eigenvalue weighted by molar-refractivity contribution is -0.144. The van der Waals surface area contributed by atoms with Crippen molar-refractivity contribution in [1.29, 1.82) is 0 Å². The quantitative estimate of drug-likeness (QED) is 0.576. The molecule has 3 amide bonds. The van der Waals surface area contributed by atoms with Gasteiger partial charge in [-0.2, -0.15) is 0 Å². The molecule has 33 heavy (non-hydrogen) atoms. The van der Waals surface area contributed by atoms with E-state index in [9.17, 15) is 28.7 Å². The summed E-state index contributed by atoms with van der Waals surface area (Å²) >= 11 is 6.28. The molecule has 0 aliphatic carbocycles. The first-order valence-corrected chi connectivity index (χ1v) is 10.8. The van der Waals surface area contributed by atoms with Crippen LogP contribution in [0.1, 0.15) is 24.0 Å². The third-order valence-corrected chi connectivity index (χ3v) is 7.03. The van der Waals surface area contributed by atoms with Crippen LogP contribution < -0.4 is 10.6 Å². The van der Waals surface area contributed by atoms with Gasteiger partial charge in [-0.05, 0) is 30.2 Å². The Morgan fingerprint density at radius 1 is 1.12 bits per heavy atom. The van der Waals surface area contributed by atoms with Gasteiger partial charge in [0, 0.05) is 18.0 Å². The summed E-state index contributed by atoms with van der Waals surface area (Å²) in [6, 6.07) is 9.66. The number of carboxylic acid groups (broad SMARTS) is 1. The van der Waals surface area contributed by atoms with Crippen molar-refractivity contribution in [3.05, 3.63) is 64.4 Å². The molecule has 3 N–H and O–H groups in total. The first-order valence-electron chi connectivity index (χ1n) is 10.4. The maximum absolute atomic E-state index is 13.6. The van der Waals surface area contributed by atoms with Gasteiger partial charge in [-0.3, -0.25) is 29.4 Å². The number of carbonyl (C=O) groups excluding carboxylic acids is 3. The van der Waals surface area contributed by atoms with Crippen molar-refractivity contribution in [3.63, 3.8) is 0 Å². The normalized spacial score (nSPS) is 27.8. The van der Waals surface area contributed by atoms with E-state index in [2.05, 4.69) is 10.6 Å². The number of nitrogens with zero attached hydrogens (tertiary/aromatic N) is 1. The van der Waals surface area contributed by atoms with E-state index in [4.69, 9.17) is 11.6 Å². The van der Waals surface area contributed by atoms with Crippen LogP contribution >= 0.6 is 11.6 Å². The Labute approximate surface area is 192 Å². The minimum absolute atomic E-state index is 0.0604. The Hall–Kier alpha value is -3.30. The molecule has 0 saturated carbocycles. The third kappa shape index (κ3) is 3.14. The van der Waals surface area contributed by atoms with Crippen molar-refractivity contribution in [2.45, 2.75) is 31.0 Å². The van der Waals surface area contributed by atoms with Gasteiger partial charge in [0.25, 0.3) is 0 Å². The number of halogens is 2. The fourth-order valence-electron chi connectivity index (χ4n) is 5.31. The molecular formula is C23H19ClFN3O5. The Kier molecular flexibility index (Phi) is 4.98. The second-order valence-corrected chi connectivity index (χ2v) is 8.91. The lowest BCUT2D eigenvalue weighted by Gasteiger charge is -2.29. The number of rotatable bonds is 5. The summed E-state index contributed by atoms with van der Waals surface area (Å²) < 4.78 is 13.3. The van der Waals surface area contributed by atoms with Crippen molar-refractivity contribution in [2.24, 2.45) is 11.8 Å². The molecule has 3 heterocycles. The van der Waals surface area contributed by atoms with E-state index in [0.29, 0.717) is 21.8 Å². The van der Waals surface area contributed by atoms with Gasteiger partial charge in [0.1, 0.15) is 11.4 Å². The molecule has 0 aromatic heterocycles. The van der Waals surface area contributed by atoms with E-state index in [1.165, 1.54) is 24.3 Å². The zero-order valence-electron chi connectivity index (χ0n) is 17.2. The molecule has 2 aromatic rings. The molecule has 1 spiro atoms. The van der Waals surface area contributed by atoms with Crippen molar-refractivity contribution in [3.8, 4) is 0 Å². The van der Waals surface area contributed by atoms with Crippen LogP contribution in [0.2, 0.25) is 5.02 Å². The van der Waals surface area contributed by atoms with Crippen LogP contribution in [0.15, 0.2) is 42.5 Å². The molecule has 2 saturated heterocycles. The van der Waals surface area contributed by atoms with E-state index in [1.54, 1.807) is 18.2 Å². The highest BCUT2D eigenvalue weighted by atomic mass is 35.5. The van der Waals surface area contributed by atoms with Gasteiger partial charge in [-0.1, -0.05) is 35.9 Å². The highest BCUT2D eigenvalue weighted by Gasteiger charge is 2.70. The van der Waals surface area contributed by atoms with Crippen LogP contribution in [0.4, 0.5) is 10.1 Å². The van der Waals surface area contributed by atoms with Crippen LogP contribution in [-0.2, 0) is 31.3 Å². The Bertz CT molecular complexity index is 1200. The number of hydrogen-bond acceptors (Lipinski definition) is 5. The molecule has 170 valence electrons. The molecule has 2 unspecified atom stereocenters. The molecule has 5 rings (SSSR count). The predicted octanol–water partition coefficient (Wildman–Crippen LogP) is 2.26. The molecule has 8 nitrogen and oxygen atoms in total. The number of hydrogen-bond donors (Lipinski definition) is 3. The molecule has 3 aliphatic rings. The van der Waals surface area contributed by atoms with Gasteiger partial charge in [0.15, 0.2) is 0 Å². The number of likely N-dealkylation sites (tertiary alicyclic amines) is 1. The van der Waals surface area contributed by atoms with Gasteiger partial charge in [-0.25, -0.2) is 4.39 Å². The molecule has 4 atom stereocenters. The molecule has 2 aromatic carbocycles. The summed E-state index contributed by atoms with van der Waals surface area (Å²) in [5.41, 5.74) is -0.163. The van der Waals surface area contributed by atoms with E-state index in [1.807, 2.05) is 0 Å². The van der Waals surface area contributed by atoms with Gasteiger partial charge >= 0.3 is 5.97 Å². The average Bonchev–Trinajstić information content (AvgIpc) is 3.35. The number of aliphatic carboxylic acids is 1. The average molecular weight is 472 g/mol. The SMILES string of the molecule is O=C(O)CCC1NC2(C(=O)Nc3c(Cl)cccc32)[C@H]2C(=O)N(Cc3ccc(F)cc3)C(=O)[C@@H]12. The second-order valence-electron chi connectivity index (χ2n) is 8.50. The van der Waals surface area contributed by atoms with Crippen LogP contribution in [0, 0.1) is 17.7 Å². The van der Waals surface area contributed by atoms with Gasteiger partial charge in [0.2, 0.25) is 17.7 Å². The minimum atomic E-state index is -1.54. The van der Waals surface area contributed by atoms with Crippen molar-refractivity contribution < 1.29 is 28.7 Å². The maximum atomic E-state index is 13.6. The molecule has 0 radical (unpaired) electrons. The lowest BCUT2D eigenvalue weighted by Crippen LogP contribution is -2.53. The van der Waals surface area contributed by atoms with Gasteiger partial charge < -0.3 is 10.4 Å². The summed E-state index contributed by atoms with van der Waals surface area (Å²) in [5.74, 6) is -5.02. The summed E-state index contributed by atoms with van der Waals surface area (Å²) in [6.45, 7) is -0.0727. The number of benzene rings is 2. The summed E-state index contributed by atoms with van der Waals surface area (Å²) in [5, 5.41) is 15.4. The van der Waals surface area contributed by atoms with E-state index in [0.717, 1.165) is 4.90 Å². The van der Waals surface area contributed by atoms with Gasteiger partial charge in [-0.15, -0.1) is 0 Å². The standard InChI is InChI=1S/C23H19ClFN3O5/c24-14-3-1-2-13-19(14)26-22(33)23(13)18-17(15(27-23)8-9-16(29)30)20(31)28(21(18)32)10-11-4-6-12(25)7-5-11/h1-7,15,17-18,27H,8-10H2,(H,26,33)(H,29,30)/t15?,17-,18+,23?/m0/s1. The number of carbonyl (C=O) groups is 4. The van der Waals surface area contributed by atoms with Crippen LogP contribution in [-0.4, -0.2) is 39.7 Å². The number of anilines is 1. The first kappa shape index (κ1) is 21.5. The van der Waals surface area contributed by atoms with Crippen LogP contribution in [0.5, 0.6) is 0 Å². The Morgan fingerprint density at radius 3 is 2.55 bits per heavy atom. The number of para-hydroxylation sites is 1. The van der Waals surface area contributed by atoms with Crippen LogP contribution in [0.25, 0.3) is 0 Å². The number of amides is 3. The predicted molar refractivity (Wildman–Crippen MR) is 114 cm³/mol. The van der Waals surface area contributed by atoms with Crippen molar-refractivity contribution in [2.75, 3.05) is 5.32 Å². The number of fused-ring (bicyclic) bond motifs is 4. The Balaban J connectivity index is 1.58. The molecule has 0 bridgehead atoms. The number of imide groups is 1. The summed E-state index contributed by atoms with van der Waals surface area (Å²) in [7, 11) is 0. The van der Waals surface area contributed by atoms with Gasteiger partial charge in [0.05, 0.1) is 29.1 Å². The number of carboxylic acids is 1. The summed E-state index contributed by atoms with van der Waals surface area (Å²) in [6.07, 6.45) is -0.175. The fourth-order valence-corrected chi connectivity index (χ4v) is 5.53. The van der Waals surface area contributed by atoms with E-state index in [-0.39, 0.29) is 19.4 Å². The second kappa shape index (κ2) is 7.64. The fraction of sp³-hybridized carbons (Fsp3) is 0.304. The Morgan fingerprint density at radius 2 is 1.85 bits per heavy atom. The molecule has 3 aliphatic heterocycles. The molecule has 10 heteroatoms. The number of nitrogens with one attached hydrogen (secondary N) is 2. The van der Waals surface area contributed by atoms with Crippen LogP contribution in [0.3, 0.4) is 0 Å². The van der Waals surface area contributed by atoms with Crippen molar-refractivity contribution >= 4 is 41.0 Å². The van der Waals surface area contributed by atoms with E-state index < -0.39 is 52.9 Å². The van der Waals surface area contributed by atoms with E-state index >= 15 is 0 Å². The smallest absolute Gasteiger partial charge is 0.303 e. The monoisotopic (exact) mass is 471 g/mol. The molecule has 2 fully saturated rings. The summed E-state index contributed by atoms with van der Waals surface area (Å²) in [4.78, 5) is 52.7. The highest BCUT2D eigenvalue weighted by Crippen LogP contribution is 2.54. The zero-order valence-corrected chi connectivity index (χ0v) is 17.9. The first-order chi connectivity index (χ1) is 15.7. The minimum Gasteiger partial charge on any atom is -0.481 e.